The van der Waals surface area contributed by atoms with Crippen LogP contribution in [0.3, 0.4) is 0 Å². The van der Waals surface area contributed by atoms with Crippen molar-refractivity contribution in [2.45, 2.75) is 13.0 Å². The standard InChI is InChI=1S/C10H16N6/c1-4-12-10(8-5-11-7-15(8)2)9-6-13-14-16(9)3/h5-7,10,12H,4H2,1-3H3. The maximum atomic E-state index is 4.14. The Morgan fingerprint density at radius 3 is 2.62 bits per heavy atom. The molecule has 1 atom stereocenters. The second-order valence-corrected chi connectivity index (χ2v) is 3.70. The molecule has 0 fully saturated rings. The van der Waals surface area contributed by atoms with Gasteiger partial charge in [-0.1, -0.05) is 12.1 Å². The van der Waals surface area contributed by atoms with Gasteiger partial charge in [0.1, 0.15) is 0 Å². The maximum Gasteiger partial charge on any atom is 0.0946 e. The molecule has 0 radical (unpaired) electrons. The fourth-order valence-electron chi connectivity index (χ4n) is 1.77. The molecule has 0 spiro atoms. The topological polar surface area (TPSA) is 60.6 Å². The van der Waals surface area contributed by atoms with Gasteiger partial charge >= 0.3 is 0 Å². The number of imidazole rings is 1. The Morgan fingerprint density at radius 2 is 2.12 bits per heavy atom. The first-order chi connectivity index (χ1) is 7.74. The zero-order valence-corrected chi connectivity index (χ0v) is 9.75. The highest BCUT2D eigenvalue weighted by atomic mass is 15.4. The molecule has 1 N–H and O–H groups in total. The van der Waals surface area contributed by atoms with Crippen molar-refractivity contribution in [3.05, 3.63) is 30.1 Å². The Balaban J connectivity index is 2.39. The molecule has 2 heterocycles. The molecule has 0 bridgehead atoms. The molecular weight excluding hydrogens is 204 g/mol. The Hall–Kier alpha value is -1.69. The zero-order valence-electron chi connectivity index (χ0n) is 9.75. The Morgan fingerprint density at radius 1 is 1.31 bits per heavy atom. The molecule has 0 saturated carbocycles. The highest BCUT2D eigenvalue weighted by Crippen LogP contribution is 2.19. The first-order valence-corrected chi connectivity index (χ1v) is 5.28. The van der Waals surface area contributed by atoms with E-state index in [2.05, 4.69) is 27.5 Å². The third-order valence-corrected chi connectivity index (χ3v) is 2.60. The summed E-state index contributed by atoms with van der Waals surface area (Å²) in [5, 5.41) is 11.3. The van der Waals surface area contributed by atoms with Crippen LogP contribution >= 0.6 is 0 Å². The van der Waals surface area contributed by atoms with Crippen LogP contribution in [0.4, 0.5) is 0 Å². The molecule has 0 saturated heterocycles. The Kier molecular flexibility index (Phi) is 3.00. The number of rotatable bonds is 4. The fraction of sp³-hybridized carbons (Fsp3) is 0.500. The first-order valence-electron chi connectivity index (χ1n) is 5.28. The molecule has 86 valence electrons. The van der Waals surface area contributed by atoms with Crippen LogP contribution in [0.25, 0.3) is 0 Å². The van der Waals surface area contributed by atoms with Crippen LogP contribution in [0.1, 0.15) is 24.4 Å². The van der Waals surface area contributed by atoms with Crippen molar-refractivity contribution in [3.63, 3.8) is 0 Å². The van der Waals surface area contributed by atoms with Gasteiger partial charge in [-0.3, -0.25) is 4.68 Å². The van der Waals surface area contributed by atoms with Gasteiger partial charge in [0, 0.05) is 14.1 Å². The molecule has 0 amide bonds. The van der Waals surface area contributed by atoms with Crippen molar-refractivity contribution in [2.24, 2.45) is 14.1 Å². The lowest BCUT2D eigenvalue weighted by atomic mass is 10.1. The normalized spacial score (nSPS) is 12.9. The van der Waals surface area contributed by atoms with Crippen LogP contribution in [0.5, 0.6) is 0 Å². The third-order valence-electron chi connectivity index (χ3n) is 2.60. The van der Waals surface area contributed by atoms with E-state index in [-0.39, 0.29) is 6.04 Å². The maximum absolute atomic E-state index is 4.14. The summed E-state index contributed by atoms with van der Waals surface area (Å²) >= 11 is 0. The van der Waals surface area contributed by atoms with Crippen molar-refractivity contribution in [2.75, 3.05) is 6.54 Å². The van der Waals surface area contributed by atoms with E-state index in [0.717, 1.165) is 17.9 Å². The third kappa shape index (κ3) is 1.83. The molecule has 0 aromatic carbocycles. The summed E-state index contributed by atoms with van der Waals surface area (Å²) in [5.41, 5.74) is 2.14. The first kappa shape index (κ1) is 10.8. The van der Waals surface area contributed by atoms with Gasteiger partial charge in [0.05, 0.1) is 36.2 Å². The van der Waals surface area contributed by atoms with Crippen LogP contribution in [-0.4, -0.2) is 31.1 Å². The Bertz CT molecular complexity index is 417. The number of nitrogens with one attached hydrogen (secondary N) is 1. The second-order valence-electron chi connectivity index (χ2n) is 3.70. The van der Waals surface area contributed by atoms with E-state index in [1.165, 1.54) is 0 Å². The predicted octanol–water partition coefficient (Wildman–Crippen LogP) is 0.247. The molecular formula is C10H16N6. The predicted molar refractivity (Wildman–Crippen MR) is 59.7 cm³/mol. The van der Waals surface area contributed by atoms with Crippen LogP contribution < -0.4 is 5.32 Å². The summed E-state index contributed by atoms with van der Waals surface area (Å²) in [7, 11) is 3.87. The van der Waals surface area contributed by atoms with Crippen molar-refractivity contribution < 1.29 is 0 Å². The summed E-state index contributed by atoms with van der Waals surface area (Å²) in [6, 6.07) is 0.0810. The molecule has 16 heavy (non-hydrogen) atoms. The lowest BCUT2D eigenvalue weighted by Gasteiger charge is -2.17. The van der Waals surface area contributed by atoms with E-state index in [1.807, 2.05) is 24.9 Å². The van der Waals surface area contributed by atoms with Crippen LogP contribution in [-0.2, 0) is 14.1 Å². The minimum Gasteiger partial charge on any atom is -0.336 e. The summed E-state index contributed by atoms with van der Waals surface area (Å²) in [6.45, 7) is 2.95. The molecule has 2 rings (SSSR count). The largest absolute Gasteiger partial charge is 0.336 e. The summed E-state index contributed by atoms with van der Waals surface area (Å²) in [5.74, 6) is 0. The van der Waals surface area contributed by atoms with Gasteiger partial charge < -0.3 is 9.88 Å². The second kappa shape index (κ2) is 4.44. The highest BCUT2D eigenvalue weighted by molar-refractivity contribution is 5.18. The molecule has 1 unspecified atom stereocenters. The lowest BCUT2D eigenvalue weighted by molar-refractivity contribution is 0.544. The molecule has 6 nitrogen and oxygen atoms in total. The monoisotopic (exact) mass is 220 g/mol. The molecule has 0 aliphatic carbocycles. The van der Waals surface area contributed by atoms with E-state index in [0.29, 0.717) is 0 Å². The van der Waals surface area contributed by atoms with E-state index >= 15 is 0 Å². The smallest absolute Gasteiger partial charge is 0.0946 e. The Labute approximate surface area is 94.3 Å². The summed E-state index contributed by atoms with van der Waals surface area (Å²) in [4.78, 5) is 4.14. The van der Waals surface area contributed by atoms with Gasteiger partial charge in [0.15, 0.2) is 0 Å². The van der Waals surface area contributed by atoms with E-state index in [1.54, 1.807) is 17.2 Å². The van der Waals surface area contributed by atoms with Gasteiger partial charge in [-0.25, -0.2) is 4.98 Å². The lowest BCUT2D eigenvalue weighted by Crippen LogP contribution is -2.25. The SMILES string of the molecule is CCNC(c1cncn1C)c1cnnn1C. The van der Waals surface area contributed by atoms with Crippen LogP contribution in [0.15, 0.2) is 18.7 Å². The number of hydrogen-bond acceptors (Lipinski definition) is 4. The molecule has 2 aromatic heterocycles. The van der Waals surface area contributed by atoms with Gasteiger partial charge in [-0.05, 0) is 6.54 Å². The summed E-state index contributed by atoms with van der Waals surface area (Å²) in [6.07, 6.45) is 5.43. The minimum absolute atomic E-state index is 0.0810. The van der Waals surface area contributed by atoms with Crippen molar-refractivity contribution in [3.8, 4) is 0 Å². The van der Waals surface area contributed by atoms with Gasteiger partial charge in [0.25, 0.3) is 0 Å². The van der Waals surface area contributed by atoms with Gasteiger partial charge in [-0.15, -0.1) is 5.10 Å². The average molecular weight is 220 g/mol. The summed E-state index contributed by atoms with van der Waals surface area (Å²) < 4.78 is 3.78. The van der Waals surface area contributed by atoms with E-state index in [4.69, 9.17) is 0 Å². The van der Waals surface area contributed by atoms with Crippen molar-refractivity contribution >= 4 is 0 Å². The fourth-order valence-corrected chi connectivity index (χ4v) is 1.77. The van der Waals surface area contributed by atoms with Crippen LogP contribution in [0.2, 0.25) is 0 Å². The van der Waals surface area contributed by atoms with Crippen molar-refractivity contribution in [1.82, 2.24) is 29.9 Å². The van der Waals surface area contributed by atoms with Gasteiger partial charge in [0.2, 0.25) is 0 Å². The average Bonchev–Trinajstić information content (AvgIpc) is 2.84. The molecule has 2 aromatic rings. The zero-order chi connectivity index (χ0) is 11.5. The molecule has 0 aliphatic rings. The number of aromatic nitrogens is 5. The quantitative estimate of drug-likeness (QED) is 0.802. The molecule has 6 heteroatoms. The number of nitrogens with zero attached hydrogens (tertiary/aromatic N) is 5. The van der Waals surface area contributed by atoms with Crippen molar-refractivity contribution in [1.29, 1.82) is 0 Å². The van der Waals surface area contributed by atoms with Crippen LogP contribution in [0, 0.1) is 0 Å². The van der Waals surface area contributed by atoms with E-state index < -0.39 is 0 Å². The number of hydrogen-bond donors (Lipinski definition) is 1. The van der Waals surface area contributed by atoms with E-state index in [9.17, 15) is 0 Å². The number of aryl methyl sites for hydroxylation is 2. The van der Waals surface area contributed by atoms with Gasteiger partial charge in [-0.2, -0.15) is 0 Å². The minimum atomic E-state index is 0.0810. The molecule has 0 aliphatic heterocycles. The highest BCUT2D eigenvalue weighted by Gasteiger charge is 2.19.